The van der Waals surface area contributed by atoms with Crippen molar-refractivity contribution in [3.8, 4) is 11.8 Å². The molecule has 2 N–H and O–H groups in total. The summed E-state index contributed by atoms with van der Waals surface area (Å²) in [6.07, 6.45) is 1.15. The Hall–Kier alpha value is -2.39. The van der Waals surface area contributed by atoms with Crippen molar-refractivity contribution in [1.82, 2.24) is 0 Å². The highest BCUT2D eigenvalue weighted by Crippen LogP contribution is 2.38. The van der Waals surface area contributed by atoms with Crippen molar-refractivity contribution in [3.63, 3.8) is 0 Å². The molecular formula is C24H29NO4. The quantitative estimate of drug-likeness (QED) is 0.747. The Bertz CT molecular complexity index is 856. The van der Waals surface area contributed by atoms with Crippen molar-refractivity contribution in [2.75, 3.05) is 13.2 Å². The van der Waals surface area contributed by atoms with Crippen molar-refractivity contribution < 1.29 is 19.7 Å². The largest absolute Gasteiger partial charge is 0.493 e. The first-order valence-electron chi connectivity index (χ1n) is 10.3. The van der Waals surface area contributed by atoms with Crippen LogP contribution in [0.25, 0.3) is 0 Å². The van der Waals surface area contributed by atoms with Crippen LogP contribution in [0.2, 0.25) is 0 Å². The van der Waals surface area contributed by atoms with Gasteiger partial charge in [-0.15, -0.1) is 0 Å². The minimum Gasteiger partial charge on any atom is -0.493 e. The van der Waals surface area contributed by atoms with Crippen LogP contribution < -0.4 is 4.74 Å². The van der Waals surface area contributed by atoms with Gasteiger partial charge in [-0.1, -0.05) is 31.2 Å². The van der Waals surface area contributed by atoms with Gasteiger partial charge in [-0.3, -0.25) is 0 Å². The summed E-state index contributed by atoms with van der Waals surface area (Å²) in [5.74, 6) is 0.602. The second kappa shape index (κ2) is 9.89. The molecule has 3 unspecified atom stereocenters. The predicted molar refractivity (Wildman–Crippen MR) is 111 cm³/mol. The van der Waals surface area contributed by atoms with Crippen LogP contribution in [0.4, 0.5) is 0 Å². The Kier molecular flexibility index (Phi) is 7.27. The lowest BCUT2D eigenvalue weighted by Gasteiger charge is -2.33. The van der Waals surface area contributed by atoms with Gasteiger partial charge in [0.1, 0.15) is 5.75 Å². The van der Waals surface area contributed by atoms with E-state index in [1.807, 2.05) is 13.0 Å². The highest BCUT2D eigenvalue weighted by atomic mass is 16.5. The number of aryl methyl sites for hydroxylation is 1. The number of aliphatic hydroxyl groups excluding tert-OH is 2. The van der Waals surface area contributed by atoms with E-state index in [0.717, 1.165) is 23.1 Å². The lowest BCUT2D eigenvalue weighted by molar-refractivity contribution is -0.114. The molecule has 0 radical (unpaired) electrons. The molecule has 2 aromatic carbocycles. The molecule has 1 heterocycles. The van der Waals surface area contributed by atoms with E-state index in [0.29, 0.717) is 37.2 Å². The zero-order valence-electron chi connectivity index (χ0n) is 17.1. The van der Waals surface area contributed by atoms with Crippen LogP contribution in [0.1, 0.15) is 60.6 Å². The average Bonchev–Trinajstić information content (AvgIpc) is 2.74. The maximum Gasteiger partial charge on any atom is 0.126 e. The number of hydrogen-bond acceptors (Lipinski definition) is 5. The summed E-state index contributed by atoms with van der Waals surface area (Å²) < 4.78 is 11.8. The molecule has 154 valence electrons. The number of nitriles is 1. The molecule has 1 aliphatic rings. The molecule has 0 bridgehead atoms. The first kappa shape index (κ1) is 21.3. The third-order valence-electron chi connectivity index (χ3n) is 5.41. The second-order valence-electron chi connectivity index (χ2n) is 7.49. The topological polar surface area (TPSA) is 82.7 Å². The molecule has 0 spiro atoms. The van der Waals surface area contributed by atoms with Gasteiger partial charge in [0.25, 0.3) is 0 Å². The average molecular weight is 395 g/mol. The second-order valence-corrected chi connectivity index (χ2v) is 7.49. The lowest BCUT2D eigenvalue weighted by atomic mass is 9.91. The maximum atomic E-state index is 10.2. The fourth-order valence-electron chi connectivity index (χ4n) is 3.85. The third-order valence-corrected chi connectivity index (χ3v) is 5.41. The molecule has 0 aliphatic carbocycles. The van der Waals surface area contributed by atoms with Crippen LogP contribution in [0.15, 0.2) is 36.4 Å². The van der Waals surface area contributed by atoms with E-state index in [1.54, 1.807) is 6.07 Å². The molecule has 2 aromatic rings. The van der Waals surface area contributed by atoms with E-state index in [-0.39, 0.29) is 12.7 Å². The molecule has 1 fully saturated rings. The summed E-state index contributed by atoms with van der Waals surface area (Å²) in [7, 11) is 0. The molecule has 1 aliphatic heterocycles. The number of ether oxygens (including phenoxy) is 2. The molecule has 3 rings (SSSR count). The standard InChI is InChI=1S/C24H29NO4/c1-3-16-5-7-17(8-6-16)9-18-10-22(23(28-4-2)11-19(18)14-25)24-13-20(27)12-21(15-26)29-24/h5-8,10-11,20-21,24,26-27H,3-4,9,12-13,15H2,1-2H3. The van der Waals surface area contributed by atoms with Crippen LogP contribution in [-0.4, -0.2) is 35.6 Å². The summed E-state index contributed by atoms with van der Waals surface area (Å²) in [5.41, 5.74) is 4.71. The number of aliphatic hydroxyl groups is 2. The van der Waals surface area contributed by atoms with Gasteiger partial charge in [-0.25, -0.2) is 0 Å². The molecule has 0 aromatic heterocycles. The van der Waals surface area contributed by atoms with Crippen molar-refractivity contribution in [2.45, 2.75) is 57.8 Å². The highest BCUT2D eigenvalue weighted by molar-refractivity contribution is 5.51. The van der Waals surface area contributed by atoms with Crippen molar-refractivity contribution in [3.05, 3.63) is 64.2 Å². The monoisotopic (exact) mass is 395 g/mol. The summed E-state index contributed by atoms with van der Waals surface area (Å²) in [6, 6.07) is 14.4. The van der Waals surface area contributed by atoms with Gasteiger partial charge >= 0.3 is 0 Å². The summed E-state index contributed by atoms with van der Waals surface area (Å²) >= 11 is 0. The van der Waals surface area contributed by atoms with E-state index < -0.39 is 12.2 Å². The third kappa shape index (κ3) is 5.16. The predicted octanol–water partition coefficient (Wildman–Crippen LogP) is 3.68. The Morgan fingerprint density at radius 2 is 1.86 bits per heavy atom. The summed E-state index contributed by atoms with van der Waals surface area (Å²) in [6.45, 7) is 4.35. The van der Waals surface area contributed by atoms with Crippen LogP contribution in [0.3, 0.4) is 0 Å². The molecule has 5 nitrogen and oxygen atoms in total. The fourth-order valence-corrected chi connectivity index (χ4v) is 3.85. The fraction of sp³-hybridized carbons (Fsp3) is 0.458. The highest BCUT2D eigenvalue weighted by Gasteiger charge is 2.31. The first-order valence-corrected chi connectivity index (χ1v) is 10.3. The lowest BCUT2D eigenvalue weighted by Crippen LogP contribution is -2.33. The number of rotatable bonds is 7. The van der Waals surface area contributed by atoms with Gasteiger partial charge in [0.2, 0.25) is 0 Å². The van der Waals surface area contributed by atoms with Gasteiger partial charge in [-0.05, 0) is 48.6 Å². The van der Waals surface area contributed by atoms with E-state index >= 15 is 0 Å². The Labute approximate surface area is 172 Å². The van der Waals surface area contributed by atoms with Crippen molar-refractivity contribution >= 4 is 0 Å². The molecule has 0 saturated carbocycles. The molecule has 5 heteroatoms. The van der Waals surface area contributed by atoms with Crippen LogP contribution >= 0.6 is 0 Å². The molecule has 3 atom stereocenters. The van der Waals surface area contributed by atoms with Gasteiger partial charge in [0.05, 0.1) is 43.2 Å². The minimum atomic E-state index is -0.541. The Morgan fingerprint density at radius 1 is 1.14 bits per heavy atom. The van der Waals surface area contributed by atoms with Crippen LogP contribution in [0, 0.1) is 11.3 Å². The summed E-state index contributed by atoms with van der Waals surface area (Å²) in [4.78, 5) is 0. The zero-order chi connectivity index (χ0) is 20.8. The van der Waals surface area contributed by atoms with Gasteiger partial charge in [0, 0.05) is 18.4 Å². The van der Waals surface area contributed by atoms with Gasteiger partial charge < -0.3 is 19.7 Å². The summed E-state index contributed by atoms with van der Waals surface area (Å²) in [5, 5.41) is 29.4. The maximum absolute atomic E-state index is 10.2. The first-order chi connectivity index (χ1) is 14.1. The van der Waals surface area contributed by atoms with Crippen LogP contribution in [0.5, 0.6) is 5.75 Å². The van der Waals surface area contributed by atoms with Gasteiger partial charge in [0.15, 0.2) is 0 Å². The number of hydrogen-bond donors (Lipinski definition) is 2. The van der Waals surface area contributed by atoms with E-state index in [4.69, 9.17) is 9.47 Å². The van der Waals surface area contributed by atoms with Crippen molar-refractivity contribution in [1.29, 1.82) is 5.26 Å². The SMILES string of the molecule is CCOc1cc(C#N)c(Cc2ccc(CC)cc2)cc1C1CC(O)CC(CO)O1. The molecule has 1 saturated heterocycles. The number of nitrogens with zero attached hydrogens (tertiary/aromatic N) is 1. The number of benzene rings is 2. The Balaban J connectivity index is 1.97. The van der Waals surface area contributed by atoms with E-state index in [2.05, 4.69) is 37.3 Å². The van der Waals surface area contributed by atoms with Gasteiger partial charge in [-0.2, -0.15) is 5.26 Å². The molecule has 0 amide bonds. The van der Waals surface area contributed by atoms with E-state index in [1.165, 1.54) is 5.56 Å². The minimum absolute atomic E-state index is 0.134. The van der Waals surface area contributed by atoms with E-state index in [9.17, 15) is 15.5 Å². The van der Waals surface area contributed by atoms with Crippen LogP contribution in [-0.2, 0) is 17.6 Å². The van der Waals surface area contributed by atoms with Crippen molar-refractivity contribution in [2.24, 2.45) is 0 Å². The smallest absolute Gasteiger partial charge is 0.126 e. The molecule has 29 heavy (non-hydrogen) atoms. The molecular weight excluding hydrogens is 366 g/mol. The normalized spacial score (nSPS) is 21.6. The Morgan fingerprint density at radius 3 is 2.48 bits per heavy atom. The zero-order valence-corrected chi connectivity index (χ0v) is 17.1.